The number of rotatable bonds is 12. The Hall–Kier alpha value is -1.93. The fourth-order valence-electron chi connectivity index (χ4n) is 3.05. The molecule has 0 bridgehead atoms. The number of ether oxygens (including phenoxy) is 2. The number of aromatic nitrogens is 1. The molecule has 0 radical (unpaired) electrons. The Balaban J connectivity index is 2.70. The summed E-state index contributed by atoms with van der Waals surface area (Å²) in [6, 6.07) is 0. The van der Waals surface area contributed by atoms with Crippen molar-refractivity contribution in [2.75, 3.05) is 40.5 Å². The molecular formula is C20H35N3O5. The molecule has 1 rings (SSSR count). The van der Waals surface area contributed by atoms with Crippen LogP contribution in [0.3, 0.4) is 0 Å². The summed E-state index contributed by atoms with van der Waals surface area (Å²) in [7, 11) is 3.16. The van der Waals surface area contributed by atoms with Gasteiger partial charge in [0.15, 0.2) is 5.69 Å². The number of oxazole rings is 1. The molecule has 0 spiro atoms. The first-order chi connectivity index (χ1) is 13.2. The molecule has 0 aliphatic rings. The molecule has 28 heavy (non-hydrogen) atoms. The van der Waals surface area contributed by atoms with Crippen molar-refractivity contribution in [1.29, 1.82) is 0 Å². The minimum absolute atomic E-state index is 0.0260. The van der Waals surface area contributed by atoms with Crippen molar-refractivity contribution < 1.29 is 23.5 Å². The van der Waals surface area contributed by atoms with Gasteiger partial charge in [0, 0.05) is 33.7 Å². The Morgan fingerprint density at radius 1 is 1.25 bits per heavy atom. The van der Waals surface area contributed by atoms with Crippen LogP contribution in [0, 0.1) is 11.3 Å². The zero-order chi connectivity index (χ0) is 21.2. The van der Waals surface area contributed by atoms with Crippen molar-refractivity contribution in [3.8, 4) is 0 Å². The Morgan fingerprint density at radius 2 is 1.93 bits per heavy atom. The minimum Gasteiger partial charge on any atom is -0.446 e. The van der Waals surface area contributed by atoms with Crippen molar-refractivity contribution in [2.24, 2.45) is 11.3 Å². The van der Waals surface area contributed by atoms with E-state index in [1.54, 1.807) is 19.1 Å². The van der Waals surface area contributed by atoms with Crippen LogP contribution in [0.2, 0.25) is 0 Å². The van der Waals surface area contributed by atoms with Crippen LogP contribution in [0.25, 0.3) is 0 Å². The lowest BCUT2D eigenvalue weighted by atomic mass is 9.84. The summed E-state index contributed by atoms with van der Waals surface area (Å²) in [5, 5.41) is 2.68. The van der Waals surface area contributed by atoms with E-state index in [0.717, 1.165) is 6.42 Å². The average Bonchev–Trinajstić information content (AvgIpc) is 3.05. The molecule has 160 valence electrons. The van der Waals surface area contributed by atoms with Crippen molar-refractivity contribution in [2.45, 2.75) is 47.1 Å². The molecule has 1 aromatic rings. The molecule has 0 aromatic carbocycles. The molecule has 1 aromatic heterocycles. The molecule has 0 saturated carbocycles. The Bertz CT molecular complexity index is 609. The quantitative estimate of drug-likeness (QED) is 0.545. The summed E-state index contributed by atoms with van der Waals surface area (Å²) < 4.78 is 15.4. The molecule has 8 nitrogen and oxygen atoms in total. The SMILES string of the molecule is COCCNC(=O)c1coc(CN(CCOC)C(=O)C[C@H](C)CC(C)(C)C)n1. The molecule has 0 unspecified atom stereocenters. The van der Waals surface area contributed by atoms with Gasteiger partial charge in [-0.2, -0.15) is 0 Å². The molecule has 0 aliphatic carbocycles. The van der Waals surface area contributed by atoms with Crippen molar-refractivity contribution in [3.05, 3.63) is 17.8 Å². The fraction of sp³-hybridized carbons (Fsp3) is 0.750. The van der Waals surface area contributed by atoms with Gasteiger partial charge in [0.1, 0.15) is 6.26 Å². The molecule has 2 amide bonds. The first kappa shape index (κ1) is 24.1. The topological polar surface area (TPSA) is 93.9 Å². The molecular weight excluding hydrogens is 362 g/mol. The predicted octanol–water partition coefficient (Wildman–Crippen LogP) is 2.49. The zero-order valence-electron chi connectivity index (χ0n) is 18.0. The maximum absolute atomic E-state index is 12.8. The lowest BCUT2D eigenvalue weighted by molar-refractivity contribution is -0.133. The number of carbonyl (C=O) groups is 2. The highest BCUT2D eigenvalue weighted by atomic mass is 16.5. The minimum atomic E-state index is -0.333. The van der Waals surface area contributed by atoms with E-state index in [1.165, 1.54) is 6.26 Å². The van der Waals surface area contributed by atoms with E-state index in [2.05, 4.69) is 38.0 Å². The fourth-order valence-corrected chi connectivity index (χ4v) is 3.05. The van der Waals surface area contributed by atoms with Gasteiger partial charge in [0.2, 0.25) is 11.8 Å². The summed E-state index contributed by atoms with van der Waals surface area (Å²) in [5.74, 6) is 0.285. The Kier molecular flexibility index (Phi) is 10.2. The van der Waals surface area contributed by atoms with E-state index in [4.69, 9.17) is 13.9 Å². The van der Waals surface area contributed by atoms with Gasteiger partial charge in [-0.05, 0) is 17.8 Å². The molecule has 0 fully saturated rings. The Labute approximate surface area is 168 Å². The second-order valence-electron chi connectivity index (χ2n) is 8.26. The van der Waals surface area contributed by atoms with Gasteiger partial charge in [-0.1, -0.05) is 27.7 Å². The largest absolute Gasteiger partial charge is 0.446 e. The van der Waals surface area contributed by atoms with Crippen molar-refractivity contribution >= 4 is 11.8 Å². The third kappa shape index (κ3) is 9.32. The highest BCUT2D eigenvalue weighted by molar-refractivity contribution is 5.91. The van der Waals surface area contributed by atoms with Crippen LogP contribution in [0.1, 0.15) is 56.9 Å². The molecule has 1 heterocycles. The monoisotopic (exact) mass is 397 g/mol. The first-order valence-electron chi connectivity index (χ1n) is 9.64. The van der Waals surface area contributed by atoms with Crippen molar-refractivity contribution in [3.63, 3.8) is 0 Å². The molecule has 1 N–H and O–H groups in total. The zero-order valence-corrected chi connectivity index (χ0v) is 18.0. The molecule has 0 saturated heterocycles. The van der Waals surface area contributed by atoms with Gasteiger partial charge in [0.25, 0.3) is 5.91 Å². The smallest absolute Gasteiger partial charge is 0.273 e. The van der Waals surface area contributed by atoms with Gasteiger partial charge in [-0.15, -0.1) is 0 Å². The van der Waals surface area contributed by atoms with E-state index >= 15 is 0 Å². The van der Waals surface area contributed by atoms with Crippen LogP contribution >= 0.6 is 0 Å². The second kappa shape index (κ2) is 11.8. The maximum Gasteiger partial charge on any atom is 0.273 e. The van der Waals surface area contributed by atoms with Gasteiger partial charge < -0.3 is 24.1 Å². The first-order valence-corrected chi connectivity index (χ1v) is 9.64. The summed E-state index contributed by atoms with van der Waals surface area (Å²) in [4.78, 5) is 30.7. The summed E-state index contributed by atoms with van der Waals surface area (Å²) in [6.07, 6.45) is 2.71. The number of amides is 2. The van der Waals surface area contributed by atoms with E-state index in [9.17, 15) is 9.59 Å². The predicted molar refractivity (Wildman–Crippen MR) is 106 cm³/mol. The van der Waals surface area contributed by atoms with Gasteiger partial charge in [-0.3, -0.25) is 9.59 Å². The highest BCUT2D eigenvalue weighted by Gasteiger charge is 2.23. The Morgan fingerprint density at radius 3 is 2.54 bits per heavy atom. The number of carbonyl (C=O) groups excluding carboxylic acids is 2. The summed E-state index contributed by atoms with van der Waals surface area (Å²) in [6.45, 7) is 10.5. The number of hydrogen-bond donors (Lipinski definition) is 1. The summed E-state index contributed by atoms with van der Waals surface area (Å²) in [5.41, 5.74) is 0.358. The average molecular weight is 398 g/mol. The van der Waals surface area contributed by atoms with Crippen molar-refractivity contribution in [1.82, 2.24) is 15.2 Å². The van der Waals surface area contributed by atoms with E-state index < -0.39 is 0 Å². The van der Waals surface area contributed by atoms with Gasteiger partial charge >= 0.3 is 0 Å². The van der Waals surface area contributed by atoms with Crippen LogP contribution in [0.4, 0.5) is 0 Å². The number of nitrogens with zero attached hydrogens (tertiary/aromatic N) is 2. The third-order valence-corrected chi connectivity index (χ3v) is 4.10. The summed E-state index contributed by atoms with van der Waals surface area (Å²) >= 11 is 0. The molecule has 0 aliphatic heterocycles. The lowest BCUT2D eigenvalue weighted by Crippen LogP contribution is -2.35. The number of hydrogen-bond acceptors (Lipinski definition) is 6. The highest BCUT2D eigenvalue weighted by Crippen LogP contribution is 2.26. The number of nitrogens with one attached hydrogen (secondary N) is 1. The van der Waals surface area contributed by atoms with Crippen LogP contribution in [0.5, 0.6) is 0 Å². The van der Waals surface area contributed by atoms with Crippen LogP contribution in [0.15, 0.2) is 10.7 Å². The van der Waals surface area contributed by atoms with E-state index in [0.29, 0.717) is 38.6 Å². The van der Waals surface area contributed by atoms with Gasteiger partial charge in [-0.25, -0.2) is 4.98 Å². The molecule has 1 atom stereocenters. The third-order valence-electron chi connectivity index (χ3n) is 4.10. The van der Waals surface area contributed by atoms with Crippen LogP contribution in [-0.4, -0.2) is 62.2 Å². The second-order valence-corrected chi connectivity index (χ2v) is 8.26. The normalized spacial score (nSPS) is 12.6. The van der Waals surface area contributed by atoms with E-state index in [-0.39, 0.29) is 35.4 Å². The number of methoxy groups -OCH3 is 2. The standard InChI is InChI=1S/C20H35N3O5/c1-15(12-20(2,3)4)11-18(24)23(8-10-27-6)13-17-22-16(14-28-17)19(25)21-7-9-26-5/h14-15H,7-13H2,1-6H3,(H,21,25)/t15-/m0/s1. The van der Waals surface area contributed by atoms with Crippen LogP contribution < -0.4 is 5.32 Å². The van der Waals surface area contributed by atoms with Crippen LogP contribution in [-0.2, 0) is 20.8 Å². The maximum atomic E-state index is 12.8. The van der Waals surface area contributed by atoms with Gasteiger partial charge in [0.05, 0.1) is 19.8 Å². The lowest BCUT2D eigenvalue weighted by Gasteiger charge is -2.26. The van der Waals surface area contributed by atoms with E-state index in [1.807, 2.05) is 0 Å². The molecule has 8 heteroatoms.